The van der Waals surface area contributed by atoms with Gasteiger partial charge in [-0.1, -0.05) is 11.2 Å². The van der Waals surface area contributed by atoms with Gasteiger partial charge < -0.3 is 10.3 Å². The van der Waals surface area contributed by atoms with Crippen LogP contribution in [0, 0.1) is 17.5 Å². The molecule has 0 aliphatic rings. The molecule has 21 heavy (non-hydrogen) atoms. The third-order valence-corrected chi connectivity index (χ3v) is 2.89. The zero-order valence-corrected chi connectivity index (χ0v) is 10.5. The molecule has 3 aromatic rings. The topological polar surface area (TPSA) is 64.9 Å². The molecule has 0 amide bonds. The molecule has 0 spiro atoms. The van der Waals surface area contributed by atoms with Gasteiger partial charge in [0, 0.05) is 5.56 Å². The second kappa shape index (κ2) is 4.93. The van der Waals surface area contributed by atoms with Gasteiger partial charge in [-0.2, -0.15) is 4.98 Å². The molecule has 0 saturated carbocycles. The Balaban J connectivity index is 2.03. The van der Waals surface area contributed by atoms with E-state index in [9.17, 15) is 13.2 Å². The van der Waals surface area contributed by atoms with Crippen molar-refractivity contribution in [2.24, 2.45) is 0 Å². The standard InChI is InChI=1S/C14H8F3N3O/c15-9-5-4-7(6-11(9)17)13-19-14(21-20-13)8-2-1-3-10(16)12(8)18/h1-6H,18H2. The maximum Gasteiger partial charge on any atom is 0.260 e. The summed E-state index contributed by atoms with van der Waals surface area (Å²) in [6.07, 6.45) is 0. The lowest BCUT2D eigenvalue weighted by Gasteiger charge is -2.00. The fraction of sp³-hybridized carbons (Fsp3) is 0. The first-order chi connectivity index (χ1) is 10.1. The van der Waals surface area contributed by atoms with Crippen LogP contribution in [-0.2, 0) is 0 Å². The minimum Gasteiger partial charge on any atom is -0.396 e. The van der Waals surface area contributed by atoms with Crippen LogP contribution in [-0.4, -0.2) is 10.1 Å². The van der Waals surface area contributed by atoms with Gasteiger partial charge in [-0.25, -0.2) is 13.2 Å². The van der Waals surface area contributed by atoms with Crippen molar-refractivity contribution in [3.05, 3.63) is 53.8 Å². The summed E-state index contributed by atoms with van der Waals surface area (Å²) in [5, 5.41) is 3.65. The molecular weight excluding hydrogens is 283 g/mol. The van der Waals surface area contributed by atoms with Crippen molar-refractivity contribution in [1.29, 1.82) is 0 Å². The minimum atomic E-state index is -1.02. The van der Waals surface area contributed by atoms with E-state index in [1.54, 1.807) is 0 Å². The van der Waals surface area contributed by atoms with E-state index < -0.39 is 17.5 Å². The SMILES string of the molecule is Nc1c(F)cccc1-c1nc(-c2ccc(F)c(F)c2)no1. The molecule has 0 aliphatic heterocycles. The molecule has 1 heterocycles. The molecule has 1 aromatic heterocycles. The lowest BCUT2D eigenvalue weighted by Crippen LogP contribution is -1.94. The van der Waals surface area contributed by atoms with Crippen LogP contribution < -0.4 is 5.73 Å². The number of nitrogens with two attached hydrogens (primary N) is 1. The Kier molecular flexibility index (Phi) is 3.09. The Bertz CT molecular complexity index is 817. The predicted molar refractivity (Wildman–Crippen MR) is 69.5 cm³/mol. The smallest absolute Gasteiger partial charge is 0.260 e. The molecule has 2 N–H and O–H groups in total. The largest absolute Gasteiger partial charge is 0.396 e. The number of para-hydroxylation sites is 1. The molecular formula is C14H8F3N3O. The van der Waals surface area contributed by atoms with Gasteiger partial charge in [-0.15, -0.1) is 0 Å². The van der Waals surface area contributed by atoms with Crippen LogP contribution in [0.5, 0.6) is 0 Å². The maximum atomic E-state index is 13.4. The van der Waals surface area contributed by atoms with Crippen LogP contribution in [0.25, 0.3) is 22.8 Å². The summed E-state index contributed by atoms with van der Waals surface area (Å²) >= 11 is 0. The van der Waals surface area contributed by atoms with Crippen molar-refractivity contribution in [3.63, 3.8) is 0 Å². The molecule has 3 rings (SSSR count). The van der Waals surface area contributed by atoms with Gasteiger partial charge in [-0.3, -0.25) is 0 Å². The van der Waals surface area contributed by atoms with Crippen molar-refractivity contribution in [1.82, 2.24) is 10.1 Å². The van der Waals surface area contributed by atoms with E-state index in [2.05, 4.69) is 10.1 Å². The van der Waals surface area contributed by atoms with Crippen molar-refractivity contribution in [3.8, 4) is 22.8 Å². The number of benzene rings is 2. The molecule has 0 unspecified atom stereocenters. The highest BCUT2D eigenvalue weighted by atomic mass is 19.2. The van der Waals surface area contributed by atoms with E-state index >= 15 is 0 Å². The summed E-state index contributed by atoms with van der Waals surface area (Å²) in [4.78, 5) is 4.01. The van der Waals surface area contributed by atoms with Crippen molar-refractivity contribution >= 4 is 5.69 Å². The summed E-state index contributed by atoms with van der Waals surface area (Å²) in [5.74, 6) is -2.57. The first kappa shape index (κ1) is 13.2. The van der Waals surface area contributed by atoms with Crippen LogP contribution in [0.4, 0.5) is 18.9 Å². The number of nitrogens with zero attached hydrogens (tertiary/aromatic N) is 2. The minimum absolute atomic E-state index is 0.00765. The first-order valence-electron chi connectivity index (χ1n) is 5.90. The second-order valence-electron chi connectivity index (χ2n) is 4.25. The normalized spacial score (nSPS) is 10.8. The van der Waals surface area contributed by atoms with Gasteiger partial charge in [-0.05, 0) is 30.3 Å². The Hall–Kier alpha value is -2.83. The molecule has 0 fully saturated rings. The van der Waals surface area contributed by atoms with Gasteiger partial charge in [0.25, 0.3) is 5.89 Å². The van der Waals surface area contributed by atoms with Gasteiger partial charge in [0.05, 0.1) is 11.3 Å². The van der Waals surface area contributed by atoms with Gasteiger partial charge in [0.15, 0.2) is 11.6 Å². The molecule has 0 bridgehead atoms. The fourth-order valence-electron chi connectivity index (χ4n) is 1.81. The fourth-order valence-corrected chi connectivity index (χ4v) is 1.81. The molecule has 0 saturated heterocycles. The Morgan fingerprint density at radius 3 is 2.52 bits per heavy atom. The predicted octanol–water partition coefficient (Wildman–Crippen LogP) is 3.40. The summed E-state index contributed by atoms with van der Waals surface area (Å²) in [7, 11) is 0. The third kappa shape index (κ3) is 2.33. The Morgan fingerprint density at radius 1 is 0.952 bits per heavy atom. The first-order valence-corrected chi connectivity index (χ1v) is 5.90. The lowest BCUT2D eigenvalue weighted by molar-refractivity contribution is 0.432. The number of rotatable bonds is 2. The zero-order chi connectivity index (χ0) is 15.0. The van der Waals surface area contributed by atoms with Crippen LogP contribution in [0.3, 0.4) is 0 Å². The highest BCUT2D eigenvalue weighted by Gasteiger charge is 2.16. The monoisotopic (exact) mass is 291 g/mol. The quantitative estimate of drug-likeness (QED) is 0.735. The van der Waals surface area contributed by atoms with E-state index in [1.807, 2.05) is 0 Å². The highest BCUT2D eigenvalue weighted by Crippen LogP contribution is 2.28. The molecule has 7 heteroatoms. The molecule has 0 atom stereocenters. The number of anilines is 1. The molecule has 106 valence electrons. The van der Waals surface area contributed by atoms with Crippen LogP contribution >= 0.6 is 0 Å². The van der Waals surface area contributed by atoms with E-state index in [0.717, 1.165) is 12.1 Å². The second-order valence-corrected chi connectivity index (χ2v) is 4.25. The number of aromatic nitrogens is 2. The summed E-state index contributed by atoms with van der Waals surface area (Å²) in [6, 6.07) is 7.37. The number of hydrogen-bond donors (Lipinski definition) is 1. The summed E-state index contributed by atoms with van der Waals surface area (Å²) in [5.41, 5.74) is 5.94. The van der Waals surface area contributed by atoms with E-state index in [1.165, 1.54) is 24.3 Å². The number of hydrogen-bond acceptors (Lipinski definition) is 4. The molecule has 2 aromatic carbocycles. The average molecular weight is 291 g/mol. The zero-order valence-electron chi connectivity index (χ0n) is 10.5. The Labute approximate surface area is 117 Å². The molecule has 0 aliphatic carbocycles. The van der Waals surface area contributed by atoms with E-state index in [4.69, 9.17) is 10.3 Å². The van der Waals surface area contributed by atoms with Crippen molar-refractivity contribution < 1.29 is 17.7 Å². The Morgan fingerprint density at radius 2 is 1.76 bits per heavy atom. The van der Waals surface area contributed by atoms with E-state index in [-0.39, 0.29) is 28.5 Å². The van der Waals surface area contributed by atoms with Crippen LogP contribution in [0.15, 0.2) is 40.9 Å². The molecule has 4 nitrogen and oxygen atoms in total. The van der Waals surface area contributed by atoms with Crippen LogP contribution in [0.2, 0.25) is 0 Å². The summed E-state index contributed by atoms with van der Waals surface area (Å²) < 4.78 is 44.4. The van der Waals surface area contributed by atoms with Gasteiger partial charge in [0.1, 0.15) is 5.82 Å². The highest BCUT2D eigenvalue weighted by molar-refractivity contribution is 5.71. The van der Waals surface area contributed by atoms with Crippen molar-refractivity contribution in [2.75, 3.05) is 5.73 Å². The molecule has 0 radical (unpaired) electrons. The van der Waals surface area contributed by atoms with E-state index in [0.29, 0.717) is 0 Å². The van der Waals surface area contributed by atoms with Gasteiger partial charge >= 0.3 is 0 Å². The lowest BCUT2D eigenvalue weighted by atomic mass is 10.1. The third-order valence-electron chi connectivity index (χ3n) is 2.89. The average Bonchev–Trinajstić information content (AvgIpc) is 2.94. The number of nitrogen functional groups attached to an aromatic ring is 1. The summed E-state index contributed by atoms with van der Waals surface area (Å²) in [6.45, 7) is 0. The van der Waals surface area contributed by atoms with Crippen LogP contribution in [0.1, 0.15) is 0 Å². The maximum absolute atomic E-state index is 13.4. The van der Waals surface area contributed by atoms with Gasteiger partial charge in [0.2, 0.25) is 5.82 Å². The number of halogens is 3. The van der Waals surface area contributed by atoms with Crippen molar-refractivity contribution in [2.45, 2.75) is 0 Å².